The minimum atomic E-state index is -3.55. The Morgan fingerprint density at radius 2 is 1.81 bits per heavy atom. The first-order valence-electron chi connectivity index (χ1n) is 5.13. The minimum Gasteiger partial charge on any atom is -0.395 e. The van der Waals surface area contributed by atoms with Crippen molar-refractivity contribution in [3.8, 4) is 0 Å². The zero-order valence-corrected chi connectivity index (χ0v) is 9.50. The van der Waals surface area contributed by atoms with Crippen LogP contribution in [-0.2, 0) is 9.84 Å². The second-order valence-electron chi connectivity index (χ2n) is 4.15. The van der Waals surface area contributed by atoms with Gasteiger partial charge in [0.05, 0.1) is 16.2 Å². The first-order valence-corrected chi connectivity index (χ1v) is 6.61. The van der Waals surface area contributed by atoms with Crippen LogP contribution >= 0.6 is 0 Å². The van der Waals surface area contributed by atoms with Crippen LogP contribution in [0.5, 0.6) is 0 Å². The molecular weight excluding hydrogens is 231 g/mol. The van der Waals surface area contributed by atoms with E-state index in [1.807, 2.05) is 0 Å². The van der Waals surface area contributed by atoms with Crippen molar-refractivity contribution >= 4 is 9.84 Å². The Labute approximate surface area is 93.8 Å². The van der Waals surface area contributed by atoms with Gasteiger partial charge < -0.3 is 5.11 Å². The van der Waals surface area contributed by atoms with Crippen molar-refractivity contribution in [2.75, 3.05) is 6.61 Å². The Morgan fingerprint density at radius 1 is 1.25 bits per heavy atom. The van der Waals surface area contributed by atoms with Gasteiger partial charge in [-0.05, 0) is 37.1 Å². The smallest absolute Gasteiger partial charge is 0.186 e. The average Bonchev–Trinajstić information content (AvgIpc) is 2.17. The Bertz CT molecular complexity index is 469. The first-order chi connectivity index (χ1) is 7.52. The van der Waals surface area contributed by atoms with E-state index in [1.54, 1.807) is 0 Å². The van der Waals surface area contributed by atoms with Gasteiger partial charge in [-0.2, -0.15) is 0 Å². The maximum absolute atomic E-state index is 12.7. The van der Waals surface area contributed by atoms with E-state index in [9.17, 15) is 17.9 Å². The van der Waals surface area contributed by atoms with Crippen LogP contribution in [0, 0.1) is 5.82 Å². The summed E-state index contributed by atoms with van der Waals surface area (Å²) in [4.78, 5) is 0.0858. The van der Waals surface area contributed by atoms with Gasteiger partial charge >= 0.3 is 0 Å². The summed E-state index contributed by atoms with van der Waals surface area (Å²) >= 11 is 0. The molecule has 1 N–H and O–H groups in total. The lowest BCUT2D eigenvalue weighted by Crippen LogP contribution is -2.48. The monoisotopic (exact) mass is 244 g/mol. The van der Waals surface area contributed by atoms with Crippen LogP contribution in [0.4, 0.5) is 4.39 Å². The summed E-state index contributed by atoms with van der Waals surface area (Å²) in [5, 5.41) is 9.23. The number of benzene rings is 1. The normalized spacial score (nSPS) is 19.1. The summed E-state index contributed by atoms with van der Waals surface area (Å²) < 4.78 is 36.1. The topological polar surface area (TPSA) is 54.4 Å². The van der Waals surface area contributed by atoms with Crippen LogP contribution in [0.1, 0.15) is 19.3 Å². The molecule has 88 valence electrons. The van der Waals surface area contributed by atoms with E-state index in [-0.39, 0.29) is 11.5 Å². The highest BCUT2D eigenvalue weighted by Crippen LogP contribution is 2.42. The van der Waals surface area contributed by atoms with E-state index in [0.29, 0.717) is 12.8 Å². The highest BCUT2D eigenvalue weighted by atomic mass is 32.2. The van der Waals surface area contributed by atoms with Crippen molar-refractivity contribution in [1.29, 1.82) is 0 Å². The van der Waals surface area contributed by atoms with Crippen molar-refractivity contribution in [2.24, 2.45) is 0 Å². The van der Waals surface area contributed by atoms with Gasteiger partial charge in [-0.1, -0.05) is 6.42 Å². The fourth-order valence-corrected chi connectivity index (χ4v) is 3.94. The summed E-state index contributed by atoms with van der Waals surface area (Å²) in [7, 11) is -3.55. The molecule has 0 heterocycles. The van der Waals surface area contributed by atoms with E-state index in [2.05, 4.69) is 0 Å². The van der Waals surface area contributed by atoms with Crippen LogP contribution in [0.2, 0.25) is 0 Å². The van der Waals surface area contributed by atoms with Gasteiger partial charge in [0.2, 0.25) is 0 Å². The molecule has 0 radical (unpaired) electrons. The third kappa shape index (κ3) is 1.55. The average molecular weight is 244 g/mol. The number of halogens is 1. The second-order valence-corrected chi connectivity index (χ2v) is 6.50. The van der Waals surface area contributed by atoms with Gasteiger partial charge in [-0.25, -0.2) is 12.8 Å². The molecule has 0 saturated heterocycles. The zero-order chi connectivity index (χ0) is 11.8. The van der Waals surface area contributed by atoms with E-state index < -0.39 is 20.4 Å². The molecule has 5 heteroatoms. The number of aliphatic hydroxyl groups is 1. The van der Waals surface area contributed by atoms with Gasteiger partial charge in [0, 0.05) is 0 Å². The highest BCUT2D eigenvalue weighted by molar-refractivity contribution is 7.93. The predicted octanol–water partition coefficient (Wildman–Crippen LogP) is 1.51. The van der Waals surface area contributed by atoms with Gasteiger partial charge in [0.25, 0.3) is 0 Å². The number of rotatable bonds is 3. The quantitative estimate of drug-likeness (QED) is 0.820. The number of sulfone groups is 1. The molecule has 0 aliphatic heterocycles. The van der Waals surface area contributed by atoms with Gasteiger partial charge in [-0.3, -0.25) is 0 Å². The summed E-state index contributed by atoms with van der Waals surface area (Å²) in [6.45, 7) is -0.368. The Balaban J connectivity index is 2.42. The number of aliphatic hydroxyl groups excluding tert-OH is 1. The van der Waals surface area contributed by atoms with E-state index in [4.69, 9.17) is 0 Å². The standard InChI is InChI=1S/C11H13FO3S/c12-9-2-4-10(5-3-9)16(14,15)11(8-13)6-1-7-11/h2-5,13H,1,6-8H2. The molecule has 0 atom stereocenters. The summed E-state index contributed by atoms with van der Waals surface area (Å²) in [6, 6.07) is 4.74. The molecule has 1 aliphatic rings. The lowest BCUT2D eigenvalue weighted by atomic mass is 9.85. The largest absolute Gasteiger partial charge is 0.395 e. The predicted molar refractivity (Wildman–Crippen MR) is 57.3 cm³/mol. The maximum atomic E-state index is 12.7. The molecule has 1 saturated carbocycles. The van der Waals surface area contributed by atoms with Crippen molar-refractivity contribution in [3.63, 3.8) is 0 Å². The maximum Gasteiger partial charge on any atom is 0.186 e. The van der Waals surface area contributed by atoms with Crippen molar-refractivity contribution < 1.29 is 17.9 Å². The molecule has 0 amide bonds. The van der Waals surface area contributed by atoms with Crippen molar-refractivity contribution in [2.45, 2.75) is 28.9 Å². The van der Waals surface area contributed by atoms with Crippen LogP contribution in [-0.4, -0.2) is 24.9 Å². The molecule has 1 aromatic carbocycles. The van der Waals surface area contributed by atoms with E-state index >= 15 is 0 Å². The molecule has 0 spiro atoms. The summed E-state index contributed by atoms with van der Waals surface area (Å²) in [5.74, 6) is -0.467. The fraction of sp³-hybridized carbons (Fsp3) is 0.455. The zero-order valence-electron chi connectivity index (χ0n) is 8.69. The fourth-order valence-electron chi connectivity index (χ4n) is 1.95. The molecule has 1 aliphatic carbocycles. The van der Waals surface area contributed by atoms with E-state index in [0.717, 1.165) is 18.6 Å². The third-order valence-electron chi connectivity index (χ3n) is 3.25. The van der Waals surface area contributed by atoms with Gasteiger partial charge in [0.1, 0.15) is 5.82 Å². The summed E-state index contributed by atoms with van der Waals surface area (Å²) in [6.07, 6.45) is 1.76. The van der Waals surface area contributed by atoms with Crippen LogP contribution in [0.3, 0.4) is 0 Å². The molecular formula is C11H13FO3S. The molecule has 1 fully saturated rings. The number of hydrogen-bond donors (Lipinski definition) is 1. The van der Waals surface area contributed by atoms with Crippen molar-refractivity contribution in [3.05, 3.63) is 30.1 Å². The second kappa shape index (κ2) is 3.82. The molecule has 0 bridgehead atoms. The highest BCUT2D eigenvalue weighted by Gasteiger charge is 2.49. The van der Waals surface area contributed by atoms with Gasteiger partial charge in [0.15, 0.2) is 9.84 Å². The lowest BCUT2D eigenvalue weighted by Gasteiger charge is -2.39. The Morgan fingerprint density at radius 3 is 2.19 bits per heavy atom. The molecule has 1 aromatic rings. The van der Waals surface area contributed by atoms with E-state index in [1.165, 1.54) is 12.1 Å². The Hall–Kier alpha value is -0.940. The molecule has 0 unspecified atom stereocenters. The molecule has 0 aromatic heterocycles. The van der Waals surface area contributed by atoms with Crippen molar-refractivity contribution in [1.82, 2.24) is 0 Å². The van der Waals surface area contributed by atoms with Crippen LogP contribution in [0.15, 0.2) is 29.2 Å². The molecule has 16 heavy (non-hydrogen) atoms. The third-order valence-corrected chi connectivity index (χ3v) is 5.82. The lowest BCUT2D eigenvalue weighted by molar-refractivity contribution is 0.181. The van der Waals surface area contributed by atoms with Gasteiger partial charge in [-0.15, -0.1) is 0 Å². The molecule has 2 rings (SSSR count). The Kier molecular flexibility index (Phi) is 2.75. The molecule has 3 nitrogen and oxygen atoms in total. The first kappa shape index (κ1) is 11.5. The van der Waals surface area contributed by atoms with Crippen LogP contribution in [0.25, 0.3) is 0 Å². The number of hydrogen-bond acceptors (Lipinski definition) is 3. The summed E-state index contributed by atoms with van der Waals surface area (Å²) in [5.41, 5.74) is 0. The van der Waals surface area contributed by atoms with Crippen LogP contribution < -0.4 is 0 Å². The SMILES string of the molecule is O=S(=O)(c1ccc(F)cc1)C1(CO)CCC1. The minimum absolute atomic E-state index is 0.0858.